The van der Waals surface area contributed by atoms with Crippen molar-refractivity contribution in [3.05, 3.63) is 52.2 Å². The van der Waals surface area contributed by atoms with E-state index in [2.05, 4.69) is 10.1 Å². The fourth-order valence-corrected chi connectivity index (χ4v) is 2.83. The van der Waals surface area contributed by atoms with E-state index in [0.29, 0.717) is 29.1 Å². The molecule has 0 spiro atoms. The minimum atomic E-state index is -0.292. The molecule has 1 N–H and O–H groups in total. The van der Waals surface area contributed by atoms with Gasteiger partial charge in [-0.1, -0.05) is 12.1 Å². The van der Waals surface area contributed by atoms with Crippen molar-refractivity contribution in [1.29, 1.82) is 0 Å². The third-order valence-corrected chi connectivity index (χ3v) is 4.43. The summed E-state index contributed by atoms with van der Waals surface area (Å²) in [6.07, 6.45) is 0.800. The van der Waals surface area contributed by atoms with E-state index in [9.17, 15) is 14.4 Å². The summed E-state index contributed by atoms with van der Waals surface area (Å²) in [7, 11) is 3.02. The molecule has 0 atom stereocenters. The smallest absolute Gasteiger partial charge is 0.305 e. The number of thiophene rings is 1. The maximum absolute atomic E-state index is 12.5. The van der Waals surface area contributed by atoms with Crippen LogP contribution in [0.25, 0.3) is 0 Å². The zero-order valence-corrected chi connectivity index (χ0v) is 15.0. The van der Waals surface area contributed by atoms with Crippen molar-refractivity contribution in [2.75, 3.05) is 26.0 Å². The first-order valence-corrected chi connectivity index (χ1v) is 8.66. The first kappa shape index (κ1) is 18.7. The molecule has 0 fully saturated rings. The number of benzene rings is 1. The van der Waals surface area contributed by atoms with Crippen LogP contribution in [0.1, 0.15) is 32.9 Å². The van der Waals surface area contributed by atoms with Gasteiger partial charge in [-0.05, 0) is 36.1 Å². The van der Waals surface area contributed by atoms with Crippen molar-refractivity contribution >= 4 is 34.8 Å². The van der Waals surface area contributed by atoms with E-state index in [0.717, 1.165) is 0 Å². The molecule has 2 rings (SSSR count). The van der Waals surface area contributed by atoms with Crippen molar-refractivity contribution in [1.82, 2.24) is 4.90 Å². The third-order valence-electron chi connectivity index (χ3n) is 3.56. The standard InChI is InChI=1S/C18H20N2O4S/c1-20(10-4-9-16(21)24-2)18(23)13-6-3-7-14(12-13)19-17(22)15-8-5-11-25-15/h3,5-8,11-12H,4,9-10H2,1-2H3,(H,19,22). The Hall–Kier alpha value is -2.67. The Morgan fingerprint density at radius 3 is 2.68 bits per heavy atom. The molecule has 1 heterocycles. The van der Waals surface area contributed by atoms with Crippen LogP contribution in [-0.2, 0) is 9.53 Å². The first-order valence-electron chi connectivity index (χ1n) is 7.78. The van der Waals surface area contributed by atoms with Gasteiger partial charge in [0.05, 0.1) is 12.0 Å². The third kappa shape index (κ3) is 5.42. The summed E-state index contributed by atoms with van der Waals surface area (Å²) in [6, 6.07) is 10.3. The lowest BCUT2D eigenvalue weighted by Crippen LogP contribution is -2.28. The number of methoxy groups -OCH3 is 1. The predicted octanol–water partition coefficient (Wildman–Crippen LogP) is 3.03. The lowest BCUT2D eigenvalue weighted by Gasteiger charge is -2.17. The number of hydrogen-bond acceptors (Lipinski definition) is 5. The number of rotatable bonds is 7. The Balaban J connectivity index is 1.96. The van der Waals surface area contributed by atoms with Crippen molar-refractivity contribution in [3.63, 3.8) is 0 Å². The average molecular weight is 360 g/mol. The molecule has 1 aromatic heterocycles. The molecule has 2 amide bonds. The van der Waals surface area contributed by atoms with E-state index in [4.69, 9.17) is 0 Å². The number of nitrogens with one attached hydrogen (secondary N) is 1. The summed E-state index contributed by atoms with van der Waals surface area (Å²) in [5.41, 5.74) is 1.04. The molecule has 132 valence electrons. The monoisotopic (exact) mass is 360 g/mol. The fraction of sp³-hybridized carbons (Fsp3) is 0.278. The summed E-state index contributed by atoms with van der Waals surface area (Å²) in [5.74, 6) is -0.665. The second-order valence-corrected chi connectivity index (χ2v) is 6.37. The van der Waals surface area contributed by atoms with Crippen LogP contribution >= 0.6 is 11.3 Å². The normalized spacial score (nSPS) is 10.2. The Bertz CT molecular complexity index is 743. The number of amides is 2. The molecule has 0 unspecified atom stereocenters. The van der Waals surface area contributed by atoms with E-state index >= 15 is 0 Å². The number of esters is 1. The number of anilines is 1. The van der Waals surface area contributed by atoms with Crippen molar-refractivity contribution in [3.8, 4) is 0 Å². The van der Waals surface area contributed by atoms with Gasteiger partial charge in [0.25, 0.3) is 11.8 Å². The second-order valence-electron chi connectivity index (χ2n) is 5.42. The second kappa shape index (κ2) is 8.98. The molecular weight excluding hydrogens is 340 g/mol. The zero-order chi connectivity index (χ0) is 18.2. The van der Waals surface area contributed by atoms with Crippen LogP contribution in [0.3, 0.4) is 0 Å². The van der Waals surface area contributed by atoms with Gasteiger partial charge in [0.15, 0.2) is 0 Å². The molecule has 0 saturated heterocycles. The van der Waals surface area contributed by atoms with Crippen LogP contribution in [0.2, 0.25) is 0 Å². The summed E-state index contributed by atoms with van der Waals surface area (Å²) in [5, 5.41) is 4.62. The zero-order valence-electron chi connectivity index (χ0n) is 14.2. The van der Waals surface area contributed by atoms with Gasteiger partial charge in [-0.3, -0.25) is 14.4 Å². The molecule has 6 nitrogen and oxygen atoms in total. The first-order chi connectivity index (χ1) is 12.0. The average Bonchev–Trinajstić information content (AvgIpc) is 3.15. The maximum Gasteiger partial charge on any atom is 0.305 e. The maximum atomic E-state index is 12.5. The Morgan fingerprint density at radius 2 is 2.00 bits per heavy atom. The van der Waals surface area contributed by atoms with Crippen molar-refractivity contribution in [2.45, 2.75) is 12.8 Å². The van der Waals surface area contributed by atoms with Crippen molar-refractivity contribution in [2.24, 2.45) is 0 Å². The minimum absolute atomic E-state index is 0.169. The largest absolute Gasteiger partial charge is 0.469 e. The highest BCUT2D eigenvalue weighted by Gasteiger charge is 2.14. The molecule has 1 aromatic carbocycles. The summed E-state index contributed by atoms with van der Waals surface area (Å²) in [4.78, 5) is 37.8. The molecule has 0 bridgehead atoms. The van der Waals surface area contributed by atoms with Crippen LogP contribution in [-0.4, -0.2) is 43.4 Å². The van der Waals surface area contributed by atoms with E-state index < -0.39 is 0 Å². The molecule has 25 heavy (non-hydrogen) atoms. The van der Waals surface area contributed by atoms with Gasteiger partial charge in [-0.15, -0.1) is 11.3 Å². The molecule has 0 radical (unpaired) electrons. The van der Waals surface area contributed by atoms with Gasteiger partial charge in [-0.25, -0.2) is 0 Å². The fourth-order valence-electron chi connectivity index (χ4n) is 2.21. The van der Waals surface area contributed by atoms with Gasteiger partial charge in [0.2, 0.25) is 0 Å². The molecule has 0 saturated carbocycles. The van der Waals surface area contributed by atoms with E-state index in [-0.39, 0.29) is 24.2 Å². The van der Waals surface area contributed by atoms with Gasteiger partial charge in [0, 0.05) is 31.3 Å². The molecule has 7 heteroatoms. The molecule has 0 aliphatic rings. The van der Waals surface area contributed by atoms with E-state index in [1.807, 2.05) is 11.4 Å². The van der Waals surface area contributed by atoms with Crippen LogP contribution in [0.5, 0.6) is 0 Å². The van der Waals surface area contributed by atoms with Crippen LogP contribution < -0.4 is 5.32 Å². The number of nitrogens with zero attached hydrogens (tertiary/aromatic N) is 1. The molecular formula is C18H20N2O4S. The molecule has 0 aliphatic carbocycles. The quantitative estimate of drug-likeness (QED) is 0.770. The lowest BCUT2D eigenvalue weighted by molar-refractivity contribution is -0.140. The molecule has 2 aromatic rings. The highest BCUT2D eigenvalue weighted by atomic mass is 32.1. The Labute approximate surface area is 150 Å². The van der Waals surface area contributed by atoms with Gasteiger partial charge >= 0.3 is 5.97 Å². The number of ether oxygens (including phenoxy) is 1. The van der Waals surface area contributed by atoms with E-state index in [1.54, 1.807) is 42.3 Å². The summed E-state index contributed by atoms with van der Waals surface area (Å²) >= 11 is 1.35. The predicted molar refractivity (Wildman–Crippen MR) is 96.9 cm³/mol. The topological polar surface area (TPSA) is 75.7 Å². The summed E-state index contributed by atoms with van der Waals surface area (Å²) in [6.45, 7) is 0.444. The highest BCUT2D eigenvalue weighted by molar-refractivity contribution is 7.12. The Kier molecular flexibility index (Phi) is 6.71. The van der Waals surface area contributed by atoms with Crippen LogP contribution in [0.15, 0.2) is 41.8 Å². The van der Waals surface area contributed by atoms with Gasteiger partial charge in [0.1, 0.15) is 0 Å². The van der Waals surface area contributed by atoms with Crippen LogP contribution in [0.4, 0.5) is 5.69 Å². The van der Waals surface area contributed by atoms with E-state index in [1.165, 1.54) is 18.4 Å². The SMILES string of the molecule is COC(=O)CCCN(C)C(=O)c1cccc(NC(=O)c2cccs2)c1. The van der Waals surface area contributed by atoms with Crippen LogP contribution in [0, 0.1) is 0 Å². The van der Waals surface area contributed by atoms with Gasteiger partial charge < -0.3 is 15.0 Å². The number of carbonyl (C=O) groups excluding carboxylic acids is 3. The number of hydrogen-bond donors (Lipinski definition) is 1. The highest BCUT2D eigenvalue weighted by Crippen LogP contribution is 2.16. The number of carbonyl (C=O) groups is 3. The minimum Gasteiger partial charge on any atom is -0.469 e. The summed E-state index contributed by atoms with van der Waals surface area (Å²) < 4.78 is 4.58. The van der Waals surface area contributed by atoms with Gasteiger partial charge in [-0.2, -0.15) is 0 Å². The molecule has 0 aliphatic heterocycles. The Morgan fingerprint density at radius 1 is 1.20 bits per heavy atom. The van der Waals surface area contributed by atoms with Crippen molar-refractivity contribution < 1.29 is 19.1 Å². The lowest BCUT2D eigenvalue weighted by atomic mass is 10.1.